The molecule has 0 saturated heterocycles. The van der Waals surface area contributed by atoms with Crippen molar-refractivity contribution in [3.8, 4) is 0 Å². The predicted molar refractivity (Wildman–Crippen MR) is 54.0 cm³/mol. The molecule has 3 heteroatoms. The van der Waals surface area contributed by atoms with Crippen LogP contribution in [0, 0.1) is 0 Å². The van der Waals surface area contributed by atoms with Crippen molar-refractivity contribution in [2.45, 2.75) is 44.6 Å². The van der Waals surface area contributed by atoms with Crippen LogP contribution >= 0.6 is 11.3 Å². The molecule has 0 aliphatic heterocycles. The molecule has 1 aliphatic rings. The third-order valence-electron chi connectivity index (χ3n) is 2.57. The van der Waals surface area contributed by atoms with E-state index in [9.17, 15) is 5.11 Å². The third kappa shape index (κ3) is 1.76. The number of aromatic nitrogens is 1. The average molecular weight is 197 g/mol. The summed E-state index contributed by atoms with van der Waals surface area (Å²) >= 11 is 1.57. The molecule has 0 bridgehead atoms. The Kier molecular flexibility index (Phi) is 2.16. The van der Waals surface area contributed by atoms with Crippen LogP contribution in [0.4, 0.5) is 0 Å². The first-order valence-electron chi connectivity index (χ1n) is 4.75. The summed E-state index contributed by atoms with van der Waals surface area (Å²) in [5.41, 5.74) is 0.417. The molecule has 0 unspecified atom stereocenters. The fraction of sp³-hybridized carbons (Fsp3) is 0.700. The average Bonchev–Trinajstić information content (AvgIpc) is 2.29. The van der Waals surface area contributed by atoms with Crippen molar-refractivity contribution in [1.82, 2.24) is 4.98 Å². The standard InChI is InChI=1S/C10H15NOS/c1-10(2,12)9-11-8(6-13-9)7-4-3-5-7/h6-7,12H,3-5H2,1-2H3. The van der Waals surface area contributed by atoms with Gasteiger partial charge in [0.2, 0.25) is 0 Å². The highest BCUT2D eigenvalue weighted by atomic mass is 32.1. The molecule has 0 aromatic carbocycles. The maximum atomic E-state index is 9.72. The van der Waals surface area contributed by atoms with Crippen LogP contribution in [0.1, 0.15) is 49.7 Å². The SMILES string of the molecule is CC(C)(O)c1nc(C2CCC2)cs1. The molecule has 1 heterocycles. The quantitative estimate of drug-likeness (QED) is 0.790. The molecule has 1 aromatic rings. The number of aliphatic hydroxyl groups is 1. The molecule has 1 aliphatic carbocycles. The lowest BCUT2D eigenvalue weighted by molar-refractivity contribution is 0.0779. The molecule has 2 nitrogen and oxygen atoms in total. The van der Waals surface area contributed by atoms with Crippen LogP contribution in [0.5, 0.6) is 0 Å². The molecule has 72 valence electrons. The number of thiazole rings is 1. The van der Waals surface area contributed by atoms with E-state index in [0.29, 0.717) is 5.92 Å². The van der Waals surface area contributed by atoms with Crippen LogP contribution in [-0.4, -0.2) is 10.1 Å². The first kappa shape index (κ1) is 9.16. The Hall–Kier alpha value is -0.410. The van der Waals surface area contributed by atoms with Crippen molar-refractivity contribution in [2.75, 3.05) is 0 Å². The van der Waals surface area contributed by atoms with Crippen molar-refractivity contribution in [2.24, 2.45) is 0 Å². The normalized spacial score (nSPS) is 18.7. The molecule has 0 radical (unpaired) electrons. The second-order valence-electron chi connectivity index (χ2n) is 4.26. The van der Waals surface area contributed by atoms with Gasteiger partial charge in [-0.05, 0) is 26.7 Å². The van der Waals surface area contributed by atoms with Gasteiger partial charge >= 0.3 is 0 Å². The topological polar surface area (TPSA) is 33.1 Å². The highest BCUT2D eigenvalue weighted by Gasteiger charge is 2.25. The fourth-order valence-corrected chi connectivity index (χ4v) is 2.38. The Morgan fingerprint density at radius 2 is 2.23 bits per heavy atom. The van der Waals surface area contributed by atoms with Gasteiger partial charge in [0.15, 0.2) is 0 Å². The van der Waals surface area contributed by atoms with E-state index in [-0.39, 0.29) is 0 Å². The zero-order valence-electron chi connectivity index (χ0n) is 8.08. The van der Waals surface area contributed by atoms with Gasteiger partial charge in [-0.2, -0.15) is 0 Å². The molecule has 2 rings (SSSR count). The van der Waals surface area contributed by atoms with E-state index >= 15 is 0 Å². The molecular weight excluding hydrogens is 182 g/mol. The van der Waals surface area contributed by atoms with Gasteiger partial charge in [0.05, 0.1) is 5.69 Å². The van der Waals surface area contributed by atoms with Crippen molar-refractivity contribution >= 4 is 11.3 Å². The van der Waals surface area contributed by atoms with Crippen LogP contribution in [0.3, 0.4) is 0 Å². The predicted octanol–water partition coefficient (Wildman–Crippen LogP) is 2.64. The lowest BCUT2D eigenvalue weighted by Gasteiger charge is -2.23. The van der Waals surface area contributed by atoms with Gasteiger partial charge in [-0.15, -0.1) is 11.3 Å². The van der Waals surface area contributed by atoms with Gasteiger partial charge < -0.3 is 5.11 Å². The Morgan fingerprint density at radius 3 is 2.62 bits per heavy atom. The molecular formula is C10H15NOS. The van der Waals surface area contributed by atoms with E-state index < -0.39 is 5.60 Å². The fourth-order valence-electron chi connectivity index (χ4n) is 1.46. The maximum absolute atomic E-state index is 9.72. The Balaban J connectivity index is 2.17. The van der Waals surface area contributed by atoms with Gasteiger partial charge in [-0.25, -0.2) is 4.98 Å². The van der Waals surface area contributed by atoms with Crippen LogP contribution in [0.15, 0.2) is 5.38 Å². The summed E-state index contributed by atoms with van der Waals surface area (Å²) in [6.45, 7) is 3.58. The molecule has 1 fully saturated rings. The maximum Gasteiger partial charge on any atom is 0.124 e. The van der Waals surface area contributed by atoms with Crippen LogP contribution in [0.2, 0.25) is 0 Å². The lowest BCUT2D eigenvalue weighted by atomic mass is 9.83. The third-order valence-corrected chi connectivity index (χ3v) is 3.74. The van der Waals surface area contributed by atoms with Gasteiger partial charge in [0.25, 0.3) is 0 Å². The minimum Gasteiger partial charge on any atom is -0.383 e. The summed E-state index contributed by atoms with van der Waals surface area (Å²) in [6, 6.07) is 0. The van der Waals surface area contributed by atoms with Crippen molar-refractivity contribution < 1.29 is 5.11 Å². The Morgan fingerprint density at radius 1 is 1.54 bits per heavy atom. The zero-order chi connectivity index (χ0) is 9.47. The van der Waals surface area contributed by atoms with Crippen molar-refractivity contribution in [3.05, 3.63) is 16.1 Å². The van der Waals surface area contributed by atoms with E-state index in [2.05, 4.69) is 10.4 Å². The Labute approximate surface area is 82.6 Å². The summed E-state index contributed by atoms with van der Waals surface area (Å²) < 4.78 is 0. The molecule has 0 atom stereocenters. The molecule has 1 saturated carbocycles. The van der Waals surface area contributed by atoms with Crippen LogP contribution in [-0.2, 0) is 5.60 Å². The van der Waals surface area contributed by atoms with Crippen LogP contribution in [0.25, 0.3) is 0 Å². The number of hydrogen-bond acceptors (Lipinski definition) is 3. The molecule has 0 spiro atoms. The Bertz CT molecular complexity index is 296. The molecule has 1 N–H and O–H groups in total. The highest BCUT2D eigenvalue weighted by Crippen LogP contribution is 2.37. The summed E-state index contributed by atoms with van der Waals surface area (Å²) in [5, 5.41) is 12.7. The highest BCUT2D eigenvalue weighted by molar-refractivity contribution is 7.09. The summed E-state index contributed by atoms with van der Waals surface area (Å²) in [5.74, 6) is 0.673. The molecule has 0 amide bonds. The van der Waals surface area contributed by atoms with Gasteiger partial charge in [-0.1, -0.05) is 6.42 Å². The van der Waals surface area contributed by atoms with E-state index in [1.165, 1.54) is 25.0 Å². The summed E-state index contributed by atoms with van der Waals surface area (Å²) in [7, 11) is 0. The van der Waals surface area contributed by atoms with E-state index in [1.807, 2.05) is 0 Å². The summed E-state index contributed by atoms with van der Waals surface area (Å²) in [4.78, 5) is 4.47. The van der Waals surface area contributed by atoms with E-state index in [0.717, 1.165) is 5.01 Å². The first-order valence-corrected chi connectivity index (χ1v) is 5.63. The van der Waals surface area contributed by atoms with Crippen molar-refractivity contribution in [3.63, 3.8) is 0 Å². The van der Waals surface area contributed by atoms with Gasteiger partial charge in [-0.3, -0.25) is 0 Å². The molecule has 1 aromatic heterocycles. The lowest BCUT2D eigenvalue weighted by Crippen LogP contribution is -2.16. The minimum atomic E-state index is -0.771. The van der Waals surface area contributed by atoms with Gasteiger partial charge in [0, 0.05) is 11.3 Å². The minimum absolute atomic E-state index is 0.673. The van der Waals surface area contributed by atoms with Crippen molar-refractivity contribution in [1.29, 1.82) is 0 Å². The number of nitrogens with zero attached hydrogens (tertiary/aromatic N) is 1. The second kappa shape index (κ2) is 3.07. The zero-order valence-corrected chi connectivity index (χ0v) is 8.90. The summed E-state index contributed by atoms with van der Waals surface area (Å²) in [6.07, 6.45) is 3.88. The largest absolute Gasteiger partial charge is 0.383 e. The smallest absolute Gasteiger partial charge is 0.124 e. The van der Waals surface area contributed by atoms with Crippen LogP contribution < -0.4 is 0 Å². The number of hydrogen-bond donors (Lipinski definition) is 1. The molecule has 13 heavy (non-hydrogen) atoms. The number of rotatable bonds is 2. The van der Waals surface area contributed by atoms with Gasteiger partial charge in [0.1, 0.15) is 10.6 Å². The monoisotopic (exact) mass is 197 g/mol. The van der Waals surface area contributed by atoms with E-state index in [1.54, 1.807) is 25.2 Å². The van der Waals surface area contributed by atoms with E-state index in [4.69, 9.17) is 0 Å². The first-order chi connectivity index (χ1) is 6.07. The second-order valence-corrected chi connectivity index (χ2v) is 5.12.